The van der Waals surface area contributed by atoms with E-state index in [1.54, 1.807) is 4.68 Å². The van der Waals surface area contributed by atoms with Gasteiger partial charge in [-0.1, -0.05) is 29.8 Å². The van der Waals surface area contributed by atoms with E-state index in [-0.39, 0.29) is 17.8 Å². The van der Waals surface area contributed by atoms with Gasteiger partial charge >= 0.3 is 5.97 Å². The van der Waals surface area contributed by atoms with Crippen molar-refractivity contribution in [3.63, 3.8) is 0 Å². The van der Waals surface area contributed by atoms with Crippen LogP contribution in [0, 0.1) is 24.7 Å². The number of aromatic nitrogens is 5. The third kappa shape index (κ3) is 3.07. The van der Waals surface area contributed by atoms with Crippen molar-refractivity contribution in [2.45, 2.75) is 6.92 Å². The van der Waals surface area contributed by atoms with Crippen LogP contribution in [0.1, 0.15) is 5.56 Å². The quantitative estimate of drug-likeness (QED) is 0.386. The molecule has 1 unspecified atom stereocenters. The summed E-state index contributed by atoms with van der Waals surface area (Å²) in [6, 6.07) is 14.0. The monoisotopic (exact) mass is 498 g/mol. The predicted octanol–water partition coefficient (Wildman–Crippen LogP) is 4.70. The molecule has 4 heterocycles. The van der Waals surface area contributed by atoms with Gasteiger partial charge in [0, 0.05) is 42.7 Å². The Bertz CT molecular complexity index is 1680. The highest BCUT2D eigenvalue weighted by Crippen LogP contribution is 2.52. The lowest BCUT2D eigenvalue weighted by molar-refractivity contribution is -0.139. The number of hydrogen-bond donors (Lipinski definition) is 1. The van der Waals surface area contributed by atoms with Crippen LogP contribution in [0.15, 0.2) is 54.9 Å². The highest BCUT2D eigenvalue weighted by molar-refractivity contribution is 6.35. The Labute approximate surface area is 211 Å². The van der Waals surface area contributed by atoms with Gasteiger partial charge in [0.1, 0.15) is 11.5 Å². The number of anilines is 1. The Hall–Kier alpha value is -3.91. The Morgan fingerprint density at radius 3 is 2.58 bits per heavy atom. The van der Waals surface area contributed by atoms with Crippen LogP contribution in [-0.4, -0.2) is 48.7 Å². The largest absolute Gasteiger partial charge is 0.481 e. The van der Waals surface area contributed by atoms with Crippen LogP contribution in [0.4, 0.5) is 5.82 Å². The number of aliphatic carboxylic acids is 1. The first-order valence-corrected chi connectivity index (χ1v) is 12.3. The maximum atomic E-state index is 11.3. The Morgan fingerprint density at radius 2 is 1.86 bits per heavy atom. The molecule has 1 saturated carbocycles. The number of piperidine rings is 1. The number of carbonyl (C=O) groups is 1. The van der Waals surface area contributed by atoms with Crippen LogP contribution in [0.2, 0.25) is 5.02 Å². The highest BCUT2D eigenvalue weighted by Gasteiger charge is 2.60. The van der Waals surface area contributed by atoms with Crippen LogP contribution >= 0.6 is 11.6 Å². The van der Waals surface area contributed by atoms with E-state index in [4.69, 9.17) is 21.7 Å². The van der Waals surface area contributed by atoms with E-state index in [9.17, 15) is 9.90 Å². The average Bonchev–Trinajstić information content (AvgIpc) is 3.19. The number of rotatable bonds is 4. The van der Waals surface area contributed by atoms with Crippen molar-refractivity contribution >= 4 is 45.2 Å². The number of halogens is 1. The third-order valence-corrected chi connectivity index (χ3v) is 7.99. The number of pyridine rings is 1. The third-order valence-electron chi connectivity index (χ3n) is 7.67. The number of benzene rings is 2. The van der Waals surface area contributed by atoms with E-state index < -0.39 is 5.97 Å². The van der Waals surface area contributed by atoms with Gasteiger partial charge in [-0.2, -0.15) is 10.2 Å². The lowest BCUT2D eigenvalue weighted by Crippen LogP contribution is -2.26. The molecule has 5 aromatic rings. The summed E-state index contributed by atoms with van der Waals surface area (Å²) in [6.45, 7) is 3.57. The lowest BCUT2D eigenvalue weighted by Gasteiger charge is -2.20. The molecule has 2 aromatic carbocycles. The summed E-state index contributed by atoms with van der Waals surface area (Å²) in [5.74, 6) is 0.486. The summed E-state index contributed by atoms with van der Waals surface area (Å²) in [5, 5.41) is 21.5. The minimum atomic E-state index is -0.674. The second-order valence-electron chi connectivity index (χ2n) is 9.86. The van der Waals surface area contributed by atoms with Gasteiger partial charge in [-0.05, 0) is 48.6 Å². The van der Waals surface area contributed by atoms with Crippen molar-refractivity contribution in [1.29, 1.82) is 0 Å². The average molecular weight is 499 g/mol. The van der Waals surface area contributed by atoms with Gasteiger partial charge in [-0.15, -0.1) is 0 Å². The summed E-state index contributed by atoms with van der Waals surface area (Å²) in [4.78, 5) is 18.2. The number of fused-ring (bicyclic) bond motifs is 3. The van der Waals surface area contributed by atoms with Crippen molar-refractivity contribution in [3.8, 4) is 16.9 Å². The summed E-state index contributed by atoms with van der Waals surface area (Å²) >= 11 is 6.74. The van der Waals surface area contributed by atoms with Crippen molar-refractivity contribution in [2.75, 3.05) is 18.0 Å². The molecular weight excluding hydrogens is 476 g/mol. The van der Waals surface area contributed by atoms with E-state index in [1.165, 1.54) is 0 Å². The van der Waals surface area contributed by atoms with Gasteiger partial charge < -0.3 is 10.0 Å². The maximum Gasteiger partial charge on any atom is 0.307 e. The zero-order valence-electron chi connectivity index (χ0n) is 19.8. The standard InChI is InChI=1S/C27H23ClN6O2/c1-14-4-3-5-16-25(24-19-11-32(2)30-21(19)8-7-20(24)28)31-34(26(14)16)15-6-9-22(29-10-15)33-12-17-18(13-33)23(17)27(35)36/h3-11,17-18,23H,12-13H2,1-2H3,(H,35,36)/t17-,18+,23?. The van der Waals surface area contributed by atoms with Crippen LogP contribution in [0.3, 0.4) is 0 Å². The zero-order chi connectivity index (χ0) is 24.7. The molecular formula is C27H23ClN6O2. The molecule has 3 atom stereocenters. The van der Waals surface area contributed by atoms with Gasteiger partial charge in [-0.25, -0.2) is 9.67 Å². The molecule has 1 saturated heterocycles. The molecule has 0 spiro atoms. The molecule has 1 aliphatic carbocycles. The van der Waals surface area contributed by atoms with E-state index in [2.05, 4.69) is 29.1 Å². The summed E-state index contributed by atoms with van der Waals surface area (Å²) in [7, 11) is 1.90. The molecule has 0 bridgehead atoms. The minimum Gasteiger partial charge on any atom is -0.481 e. The summed E-state index contributed by atoms with van der Waals surface area (Å²) < 4.78 is 3.72. The summed E-state index contributed by atoms with van der Waals surface area (Å²) in [5.41, 5.74) is 5.50. The Balaban J connectivity index is 1.31. The zero-order valence-corrected chi connectivity index (χ0v) is 20.5. The lowest BCUT2D eigenvalue weighted by atomic mass is 10.0. The number of carboxylic acids is 1. The number of hydrogen-bond acceptors (Lipinski definition) is 5. The topological polar surface area (TPSA) is 89.1 Å². The molecule has 180 valence electrons. The van der Waals surface area contributed by atoms with Crippen molar-refractivity contribution in [3.05, 3.63) is 65.4 Å². The van der Waals surface area contributed by atoms with Gasteiger partial charge in [0.05, 0.1) is 33.9 Å². The minimum absolute atomic E-state index is 0.187. The van der Waals surface area contributed by atoms with Crippen molar-refractivity contribution in [2.24, 2.45) is 24.8 Å². The van der Waals surface area contributed by atoms with Crippen molar-refractivity contribution in [1.82, 2.24) is 24.5 Å². The van der Waals surface area contributed by atoms with Gasteiger partial charge in [-0.3, -0.25) is 9.48 Å². The van der Waals surface area contributed by atoms with E-state index in [0.29, 0.717) is 5.02 Å². The van der Waals surface area contributed by atoms with Gasteiger partial charge in [0.2, 0.25) is 0 Å². The molecule has 0 amide bonds. The molecule has 8 nitrogen and oxygen atoms in total. The van der Waals surface area contributed by atoms with Gasteiger partial charge in [0.25, 0.3) is 0 Å². The number of para-hydroxylation sites is 1. The molecule has 2 aliphatic rings. The Kier molecular flexibility index (Phi) is 4.48. The Morgan fingerprint density at radius 1 is 1.06 bits per heavy atom. The number of carboxylic acid groups (broad SMARTS) is 1. The molecule has 9 heteroatoms. The van der Waals surface area contributed by atoms with Crippen molar-refractivity contribution < 1.29 is 9.90 Å². The molecule has 0 radical (unpaired) electrons. The predicted molar refractivity (Wildman–Crippen MR) is 139 cm³/mol. The molecule has 2 fully saturated rings. The molecule has 1 aliphatic heterocycles. The van der Waals surface area contributed by atoms with E-state index in [1.807, 2.05) is 54.5 Å². The van der Waals surface area contributed by atoms with Crippen LogP contribution < -0.4 is 4.90 Å². The molecule has 7 rings (SSSR count). The maximum absolute atomic E-state index is 11.3. The highest BCUT2D eigenvalue weighted by atomic mass is 35.5. The SMILES string of the molecule is Cc1cccc2c(-c3c(Cl)ccc4nn(C)cc34)nn(-c3ccc(N4C[C@@H]5C(C(=O)O)[C@@H]5C4)nc3)c12. The molecule has 3 aromatic heterocycles. The second kappa shape index (κ2) is 7.54. The first-order valence-electron chi connectivity index (χ1n) is 12.0. The fourth-order valence-electron chi connectivity index (χ4n) is 5.90. The smallest absolute Gasteiger partial charge is 0.307 e. The van der Waals surface area contributed by atoms with Gasteiger partial charge in [0.15, 0.2) is 0 Å². The van der Waals surface area contributed by atoms with Crippen LogP contribution in [-0.2, 0) is 11.8 Å². The number of aryl methyl sites for hydroxylation is 2. The first-order chi connectivity index (χ1) is 17.4. The van der Waals surface area contributed by atoms with Crippen LogP contribution in [0.5, 0.6) is 0 Å². The summed E-state index contributed by atoms with van der Waals surface area (Å²) in [6.07, 6.45) is 3.81. The fourth-order valence-corrected chi connectivity index (χ4v) is 6.16. The fraction of sp³-hybridized carbons (Fsp3) is 0.259. The van der Waals surface area contributed by atoms with Crippen LogP contribution in [0.25, 0.3) is 38.8 Å². The second-order valence-corrected chi connectivity index (χ2v) is 10.3. The first kappa shape index (κ1) is 21.4. The van der Waals surface area contributed by atoms with E-state index in [0.717, 1.165) is 63.2 Å². The molecule has 1 N–H and O–H groups in total. The van der Waals surface area contributed by atoms with E-state index >= 15 is 0 Å². The molecule has 36 heavy (non-hydrogen) atoms. The normalized spacial score (nSPS) is 20.9. The number of nitrogens with zero attached hydrogens (tertiary/aromatic N) is 6.